The van der Waals surface area contributed by atoms with Crippen LogP contribution in [0.15, 0.2) is 18.2 Å². The summed E-state index contributed by atoms with van der Waals surface area (Å²) < 4.78 is 5.63. The van der Waals surface area contributed by atoms with Crippen LogP contribution in [0, 0.1) is 6.92 Å². The zero-order valence-corrected chi connectivity index (χ0v) is 13.3. The maximum atomic E-state index is 5.63. The fourth-order valence-corrected chi connectivity index (χ4v) is 2.76. The number of nitrogens with zero attached hydrogens (tertiary/aromatic N) is 1. The molecule has 1 aliphatic heterocycles. The highest BCUT2D eigenvalue weighted by atomic mass is 16.5. The monoisotopic (exact) mass is 276 g/mol. The highest BCUT2D eigenvalue weighted by molar-refractivity contribution is 5.56. The first-order valence-corrected chi connectivity index (χ1v) is 7.79. The smallest absolute Gasteiger partial charge is 0.0670 e. The van der Waals surface area contributed by atoms with E-state index >= 15 is 0 Å². The number of anilines is 1. The number of benzene rings is 1. The third-order valence-corrected chi connectivity index (χ3v) is 3.94. The average molecular weight is 276 g/mol. The van der Waals surface area contributed by atoms with E-state index in [0.29, 0.717) is 12.1 Å². The molecule has 1 unspecified atom stereocenters. The van der Waals surface area contributed by atoms with Gasteiger partial charge in [-0.05, 0) is 25.0 Å². The first-order chi connectivity index (χ1) is 9.61. The molecule has 1 heterocycles. The number of hydrogen-bond donors (Lipinski definition) is 1. The van der Waals surface area contributed by atoms with E-state index in [0.717, 1.165) is 32.7 Å². The Bertz CT molecular complexity index is 431. The average Bonchev–Trinajstić information content (AvgIpc) is 2.45. The van der Waals surface area contributed by atoms with Crippen LogP contribution in [0.1, 0.15) is 38.3 Å². The largest absolute Gasteiger partial charge is 0.377 e. The third kappa shape index (κ3) is 3.74. The summed E-state index contributed by atoms with van der Waals surface area (Å²) in [5, 5.41) is 3.54. The van der Waals surface area contributed by atoms with E-state index in [2.05, 4.69) is 56.1 Å². The fraction of sp³-hybridized carbons (Fsp3) is 0.647. The van der Waals surface area contributed by atoms with Crippen molar-refractivity contribution in [2.75, 3.05) is 24.7 Å². The second kappa shape index (κ2) is 7.09. The molecular formula is C17H28N2O. The summed E-state index contributed by atoms with van der Waals surface area (Å²) in [6.07, 6.45) is 1.13. The Morgan fingerprint density at radius 1 is 1.40 bits per heavy atom. The van der Waals surface area contributed by atoms with Gasteiger partial charge in [0, 0.05) is 24.8 Å². The number of aryl methyl sites for hydroxylation is 1. The first kappa shape index (κ1) is 15.3. The number of ether oxygens (including phenoxy) is 1. The lowest BCUT2D eigenvalue weighted by molar-refractivity contribution is 0.0929. The molecule has 0 amide bonds. The summed E-state index contributed by atoms with van der Waals surface area (Å²) in [5.74, 6) is 0. The van der Waals surface area contributed by atoms with Gasteiger partial charge in [0.15, 0.2) is 0 Å². The van der Waals surface area contributed by atoms with Crippen molar-refractivity contribution in [1.82, 2.24) is 5.32 Å². The Hall–Kier alpha value is -1.06. The molecule has 0 aromatic heterocycles. The molecular weight excluding hydrogens is 248 g/mol. The second-order valence-corrected chi connectivity index (χ2v) is 6.00. The molecule has 0 radical (unpaired) electrons. The summed E-state index contributed by atoms with van der Waals surface area (Å²) in [6.45, 7) is 12.4. The maximum Gasteiger partial charge on any atom is 0.0670 e. The summed E-state index contributed by atoms with van der Waals surface area (Å²) >= 11 is 0. The van der Waals surface area contributed by atoms with Crippen molar-refractivity contribution in [1.29, 1.82) is 0 Å². The normalized spacial score (nSPS) is 19.6. The van der Waals surface area contributed by atoms with Crippen molar-refractivity contribution in [3.8, 4) is 0 Å². The number of rotatable bonds is 5. The van der Waals surface area contributed by atoms with Gasteiger partial charge in [0.1, 0.15) is 0 Å². The SMILES string of the molecule is CCC1COCCN1c1ccc(C)cc1CNC(C)C. The molecule has 0 saturated carbocycles. The van der Waals surface area contributed by atoms with E-state index in [1.54, 1.807) is 0 Å². The van der Waals surface area contributed by atoms with Crippen LogP contribution in [-0.4, -0.2) is 31.8 Å². The second-order valence-electron chi connectivity index (χ2n) is 6.00. The Labute approximate surface area is 123 Å². The maximum absolute atomic E-state index is 5.63. The minimum atomic E-state index is 0.504. The van der Waals surface area contributed by atoms with Crippen LogP contribution in [0.4, 0.5) is 5.69 Å². The fourth-order valence-electron chi connectivity index (χ4n) is 2.76. The Morgan fingerprint density at radius 2 is 2.20 bits per heavy atom. The van der Waals surface area contributed by atoms with Crippen LogP contribution in [0.2, 0.25) is 0 Å². The molecule has 2 rings (SSSR count). The Balaban J connectivity index is 2.24. The molecule has 1 fully saturated rings. The van der Waals surface area contributed by atoms with Crippen LogP contribution in [0.25, 0.3) is 0 Å². The minimum absolute atomic E-state index is 0.504. The van der Waals surface area contributed by atoms with Crippen molar-refractivity contribution >= 4 is 5.69 Å². The van der Waals surface area contributed by atoms with Crippen LogP contribution in [0.5, 0.6) is 0 Å². The van der Waals surface area contributed by atoms with Gasteiger partial charge in [0.25, 0.3) is 0 Å². The number of nitrogens with one attached hydrogen (secondary N) is 1. The lowest BCUT2D eigenvalue weighted by atomic mass is 10.0. The van der Waals surface area contributed by atoms with E-state index in [1.165, 1.54) is 16.8 Å². The Kier molecular flexibility index (Phi) is 5.44. The van der Waals surface area contributed by atoms with Crippen molar-refractivity contribution in [3.63, 3.8) is 0 Å². The highest BCUT2D eigenvalue weighted by Crippen LogP contribution is 2.26. The van der Waals surface area contributed by atoms with Crippen molar-refractivity contribution in [2.45, 2.75) is 52.7 Å². The Morgan fingerprint density at radius 3 is 2.90 bits per heavy atom. The summed E-state index contributed by atoms with van der Waals surface area (Å²) in [7, 11) is 0. The summed E-state index contributed by atoms with van der Waals surface area (Å²) in [5.41, 5.74) is 4.11. The summed E-state index contributed by atoms with van der Waals surface area (Å²) in [4.78, 5) is 2.53. The molecule has 20 heavy (non-hydrogen) atoms. The van der Waals surface area contributed by atoms with Crippen LogP contribution < -0.4 is 10.2 Å². The lowest BCUT2D eigenvalue weighted by Crippen LogP contribution is -2.45. The van der Waals surface area contributed by atoms with E-state index in [-0.39, 0.29) is 0 Å². The van der Waals surface area contributed by atoms with Gasteiger partial charge < -0.3 is 15.0 Å². The van der Waals surface area contributed by atoms with E-state index in [1.807, 2.05) is 0 Å². The number of morpholine rings is 1. The molecule has 0 bridgehead atoms. The molecule has 3 nitrogen and oxygen atoms in total. The molecule has 1 aromatic carbocycles. The molecule has 1 aromatic rings. The molecule has 1 saturated heterocycles. The third-order valence-electron chi connectivity index (χ3n) is 3.94. The topological polar surface area (TPSA) is 24.5 Å². The van der Waals surface area contributed by atoms with Gasteiger partial charge in [-0.2, -0.15) is 0 Å². The van der Waals surface area contributed by atoms with E-state index in [4.69, 9.17) is 4.74 Å². The van der Waals surface area contributed by atoms with E-state index < -0.39 is 0 Å². The molecule has 112 valence electrons. The molecule has 0 spiro atoms. The predicted molar refractivity (Wildman–Crippen MR) is 85.4 cm³/mol. The standard InChI is InChI=1S/C17H28N2O/c1-5-16-12-20-9-8-19(16)17-7-6-14(4)10-15(17)11-18-13(2)3/h6-7,10,13,16,18H,5,8-9,11-12H2,1-4H3. The van der Waals surface area contributed by atoms with Gasteiger partial charge in [-0.15, -0.1) is 0 Å². The van der Waals surface area contributed by atoms with Crippen molar-refractivity contribution < 1.29 is 4.74 Å². The highest BCUT2D eigenvalue weighted by Gasteiger charge is 2.23. The van der Waals surface area contributed by atoms with Crippen molar-refractivity contribution in [3.05, 3.63) is 29.3 Å². The number of hydrogen-bond acceptors (Lipinski definition) is 3. The van der Waals surface area contributed by atoms with Crippen LogP contribution in [0.3, 0.4) is 0 Å². The molecule has 3 heteroatoms. The van der Waals surface area contributed by atoms with Gasteiger partial charge in [-0.25, -0.2) is 0 Å². The van der Waals surface area contributed by atoms with Gasteiger partial charge >= 0.3 is 0 Å². The lowest BCUT2D eigenvalue weighted by Gasteiger charge is -2.38. The van der Waals surface area contributed by atoms with Crippen LogP contribution in [-0.2, 0) is 11.3 Å². The molecule has 1 aliphatic rings. The predicted octanol–water partition coefficient (Wildman–Crippen LogP) is 3.11. The van der Waals surface area contributed by atoms with Crippen LogP contribution >= 0.6 is 0 Å². The van der Waals surface area contributed by atoms with Crippen molar-refractivity contribution in [2.24, 2.45) is 0 Å². The quantitative estimate of drug-likeness (QED) is 0.894. The van der Waals surface area contributed by atoms with Gasteiger partial charge in [-0.1, -0.05) is 38.5 Å². The minimum Gasteiger partial charge on any atom is -0.377 e. The van der Waals surface area contributed by atoms with Gasteiger partial charge in [0.2, 0.25) is 0 Å². The van der Waals surface area contributed by atoms with Gasteiger partial charge in [0.05, 0.1) is 19.3 Å². The van der Waals surface area contributed by atoms with E-state index in [9.17, 15) is 0 Å². The first-order valence-electron chi connectivity index (χ1n) is 7.79. The van der Waals surface area contributed by atoms with Gasteiger partial charge in [-0.3, -0.25) is 0 Å². The molecule has 0 aliphatic carbocycles. The zero-order valence-electron chi connectivity index (χ0n) is 13.3. The zero-order chi connectivity index (χ0) is 14.5. The molecule has 1 atom stereocenters. The molecule has 1 N–H and O–H groups in total. The summed E-state index contributed by atoms with van der Waals surface area (Å²) in [6, 6.07) is 7.82.